The van der Waals surface area contributed by atoms with Crippen LogP contribution in [0.5, 0.6) is 0 Å². The number of rotatable bonds is 2. The zero-order chi connectivity index (χ0) is 17.8. The number of pyridine rings is 1. The van der Waals surface area contributed by atoms with Crippen LogP contribution in [0.15, 0.2) is 24.4 Å². The lowest BCUT2D eigenvalue weighted by atomic mass is 9.91. The number of hydrogen-bond acceptors (Lipinski definition) is 6. The number of halogens is 1. The molecule has 6 nitrogen and oxygen atoms in total. The first-order valence-corrected chi connectivity index (χ1v) is 8.64. The Kier molecular flexibility index (Phi) is 3.47. The lowest BCUT2D eigenvalue weighted by Gasteiger charge is -2.43. The van der Waals surface area contributed by atoms with Crippen molar-refractivity contribution < 1.29 is 9.18 Å². The number of amides is 1. The Bertz CT molecular complexity index is 982. The average molecular weight is 357 g/mol. The highest BCUT2D eigenvalue weighted by molar-refractivity contribution is 7.21. The molecule has 0 aliphatic carbocycles. The summed E-state index contributed by atoms with van der Waals surface area (Å²) in [6.45, 7) is 3.70. The summed E-state index contributed by atoms with van der Waals surface area (Å²) in [5.41, 5.74) is 7.02. The molecule has 2 N–H and O–H groups in total. The molecule has 1 aliphatic rings. The third-order valence-corrected chi connectivity index (χ3v) is 5.70. The molecule has 4 rings (SSSR count). The van der Waals surface area contributed by atoms with Gasteiger partial charge in [0.05, 0.1) is 30.2 Å². The predicted octanol–water partition coefficient (Wildman–Crippen LogP) is 2.61. The van der Waals surface area contributed by atoms with E-state index in [9.17, 15) is 9.18 Å². The summed E-state index contributed by atoms with van der Waals surface area (Å²) in [6, 6.07) is 5.11. The summed E-state index contributed by atoms with van der Waals surface area (Å²) >= 11 is 1.20. The predicted molar refractivity (Wildman–Crippen MR) is 94.2 cm³/mol. The van der Waals surface area contributed by atoms with Gasteiger partial charge >= 0.3 is 0 Å². The summed E-state index contributed by atoms with van der Waals surface area (Å²) in [7, 11) is 0. The lowest BCUT2D eigenvalue weighted by Crippen LogP contribution is -2.59. The first kappa shape index (κ1) is 15.9. The number of thiophene rings is 1. The monoisotopic (exact) mass is 357 g/mol. The number of likely N-dealkylation sites (tertiary alicyclic amines) is 1. The summed E-state index contributed by atoms with van der Waals surface area (Å²) in [4.78, 5) is 19.3. The second kappa shape index (κ2) is 5.45. The molecule has 3 aromatic rings. The number of nitrogen functional groups attached to an aromatic ring is 1. The largest absolute Gasteiger partial charge is 0.397 e. The molecule has 1 aliphatic heterocycles. The maximum atomic E-state index is 14.9. The third kappa shape index (κ3) is 2.36. The van der Waals surface area contributed by atoms with Gasteiger partial charge in [0.1, 0.15) is 9.71 Å². The Balaban J connectivity index is 1.62. The van der Waals surface area contributed by atoms with E-state index >= 15 is 0 Å². The molecule has 0 radical (unpaired) electrons. The van der Waals surface area contributed by atoms with E-state index < -0.39 is 5.67 Å². The fourth-order valence-corrected chi connectivity index (χ4v) is 4.10. The number of aryl methyl sites for hydroxylation is 2. The van der Waals surface area contributed by atoms with Crippen LogP contribution in [0.4, 0.5) is 10.1 Å². The molecule has 128 valence electrons. The summed E-state index contributed by atoms with van der Waals surface area (Å²) in [5.74, 6) is -0.276. The van der Waals surface area contributed by atoms with Gasteiger partial charge in [-0.25, -0.2) is 4.39 Å². The van der Waals surface area contributed by atoms with E-state index in [1.54, 1.807) is 24.4 Å². The zero-order valence-corrected chi connectivity index (χ0v) is 14.6. The molecule has 8 heteroatoms. The van der Waals surface area contributed by atoms with Crippen LogP contribution in [0.25, 0.3) is 10.2 Å². The number of nitrogens with zero attached hydrogens (tertiary/aromatic N) is 4. The molecule has 0 atom stereocenters. The van der Waals surface area contributed by atoms with Crippen LogP contribution in [-0.4, -0.2) is 39.1 Å². The molecule has 0 spiro atoms. The highest BCUT2D eigenvalue weighted by Gasteiger charge is 2.49. The standard InChI is InChI=1S/C17H16FN5OS/c1-9-10(2)21-22-15-12(9)13(19)14(25-15)16(24)23-7-17(18,8-23)11-5-3-4-6-20-11/h3-6H,7-8,19H2,1-2H3. The molecule has 0 saturated carbocycles. The van der Waals surface area contributed by atoms with Gasteiger partial charge in [-0.2, -0.15) is 5.10 Å². The topological polar surface area (TPSA) is 85.0 Å². The van der Waals surface area contributed by atoms with Crippen LogP contribution >= 0.6 is 11.3 Å². The second-order valence-electron chi connectivity index (χ2n) is 6.28. The fourth-order valence-electron chi connectivity index (χ4n) is 3.04. The van der Waals surface area contributed by atoms with E-state index in [4.69, 9.17) is 5.73 Å². The van der Waals surface area contributed by atoms with Crippen LogP contribution in [0.1, 0.15) is 26.6 Å². The molecule has 1 saturated heterocycles. The average Bonchev–Trinajstić information content (AvgIpc) is 2.93. The molecule has 0 unspecified atom stereocenters. The van der Waals surface area contributed by atoms with Gasteiger partial charge in [0.2, 0.25) is 0 Å². The van der Waals surface area contributed by atoms with Crippen molar-refractivity contribution in [1.29, 1.82) is 0 Å². The second-order valence-corrected chi connectivity index (χ2v) is 7.28. The molecule has 4 heterocycles. The molecule has 1 fully saturated rings. The van der Waals surface area contributed by atoms with Crippen molar-refractivity contribution >= 4 is 33.1 Å². The van der Waals surface area contributed by atoms with E-state index in [0.29, 0.717) is 21.1 Å². The van der Waals surface area contributed by atoms with Gasteiger partial charge in [0, 0.05) is 11.6 Å². The number of hydrogen-bond donors (Lipinski definition) is 1. The maximum absolute atomic E-state index is 14.9. The maximum Gasteiger partial charge on any atom is 0.266 e. The Hall–Kier alpha value is -2.61. The smallest absolute Gasteiger partial charge is 0.266 e. The van der Waals surface area contributed by atoms with Crippen LogP contribution < -0.4 is 5.73 Å². The lowest BCUT2D eigenvalue weighted by molar-refractivity contribution is -0.0254. The van der Waals surface area contributed by atoms with Gasteiger partial charge in [-0.15, -0.1) is 16.4 Å². The van der Waals surface area contributed by atoms with Crippen molar-refractivity contribution in [3.05, 3.63) is 46.2 Å². The van der Waals surface area contributed by atoms with Gasteiger partial charge in [0.25, 0.3) is 5.91 Å². The van der Waals surface area contributed by atoms with Gasteiger partial charge in [-0.3, -0.25) is 9.78 Å². The molecule has 0 bridgehead atoms. The number of aromatic nitrogens is 3. The minimum absolute atomic E-state index is 0.0276. The number of carbonyl (C=O) groups is 1. The third-order valence-electron chi connectivity index (χ3n) is 4.62. The van der Waals surface area contributed by atoms with Crippen molar-refractivity contribution in [3.8, 4) is 0 Å². The Labute approximate surface area is 147 Å². The van der Waals surface area contributed by atoms with Gasteiger partial charge in [-0.1, -0.05) is 6.07 Å². The normalized spacial score (nSPS) is 16.0. The first-order valence-electron chi connectivity index (χ1n) is 7.82. The van der Waals surface area contributed by atoms with E-state index in [2.05, 4.69) is 15.2 Å². The zero-order valence-electron chi connectivity index (χ0n) is 13.8. The molecular formula is C17H16FN5OS. The minimum Gasteiger partial charge on any atom is -0.397 e. The number of alkyl halides is 1. The highest BCUT2D eigenvalue weighted by atomic mass is 32.1. The highest BCUT2D eigenvalue weighted by Crippen LogP contribution is 2.40. The van der Waals surface area contributed by atoms with Crippen LogP contribution in [0, 0.1) is 13.8 Å². The molecule has 25 heavy (non-hydrogen) atoms. The fraction of sp³-hybridized carbons (Fsp3) is 0.294. The Morgan fingerprint density at radius 2 is 2.08 bits per heavy atom. The number of nitrogens with two attached hydrogens (primary N) is 1. The first-order chi connectivity index (χ1) is 11.9. The molecule has 1 amide bonds. The minimum atomic E-state index is -1.60. The van der Waals surface area contributed by atoms with Gasteiger partial charge in [0.15, 0.2) is 5.67 Å². The van der Waals surface area contributed by atoms with Crippen molar-refractivity contribution in [1.82, 2.24) is 20.1 Å². The molecular weight excluding hydrogens is 341 g/mol. The van der Waals surface area contributed by atoms with Crippen molar-refractivity contribution in [2.45, 2.75) is 19.5 Å². The van der Waals surface area contributed by atoms with Crippen LogP contribution in [0.3, 0.4) is 0 Å². The Morgan fingerprint density at radius 3 is 2.76 bits per heavy atom. The van der Waals surface area contributed by atoms with E-state index in [1.165, 1.54) is 16.2 Å². The summed E-state index contributed by atoms with van der Waals surface area (Å²) in [6.07, 6.45) is 1.55. The van der Waals surface area contributed by atoms with E-state index in [-0.39, 0.29) is 19.0 Å². The quantitative estimate of drug-likeness (QED) is 0.762. The Morgan fingerprint density at radius 1 is 1.32 bits per heavy atom. The molecule has 3 aromatic heterocycles. The summed E-state index contributed by atoms with van der Waals surface area (Å²) < 4.78 is 14.9. The van der Waals surface area contributed by atoms with E-state index in [1.807, 2.05) is 13.8 Å². The van der Waals surface area contributed by atoms with Crippen LogP contribution in [0.2, 0.25) is 0 Å². The van der Waals surface area contributed by atoms with Crippen molar-refractivity contribution in [2.24, 2.45) is 0 Å². The SMILES string of the molecule is Cc1nnc2sc(C(=O)N3CC(F)(c4ccccn4)C3)c(N)c2c1C. The van der Waals surface area contributed by atoms with Crippen molar-refractivity contribution in [2.75, 3.05) is 18.8 Å². The van der Waals surface area contributed by atoms with Crippen molar-refractivity contribution in [3.63, 3.8) is 0 Å². The number of carbonyl (C=O) groups excluding carboxylic acids is 1. The van der Waals surface area contributed by atoms with E-state index in [0.717, 1.165) is 16.6 Å². The summed E-state index contributed by atoms with van der Waals surface area (Å²) in [5, 5.41) is 8.95. The van der Waals surface area contributed by atoms with Gasteiger partial charge < -0.3 is 10.6 Å². The molecule has 0 aromatic carbocycles. The number of fused-ring (bicyclic) bond motifs is 1. The van der Waals surface area contributed by atoms with Crippen LogP contribution in [-0.2, 0) is 5.67 Å². The van der Waals surface area contributed by atoms with Gasteiger partial charge in [-0.05, 0) is 31.5 Å². The number of anilines is 1.